The lowest BCUT2D eigenvalue weighted by Crippen LogP contribution is -2.11. The summed E-state index contributed by atoms with van der Waals surface area (Å²) in [5.74, 6) is -0.111. The highest BCUT2D eigenvalue weighted by Gasteiger charge is 2.12. The van der Waals surface area contributed by atoms with Crippen LogP contribution in [0.2, 0.25) is 0 Å². The molecule has 0 aliphatic carbocycles. The van der Waals surface area contributed by atoms with E-state index >= 15 is 0 Å². The minimum Gasteiger partial charge on any atom is -0.477 e. The molecule has 2 aromatic rings. The van der Waals surface area contributed by atoms with Gasteiger partial charge >= 0.3 is 5.97 Å². The molecule has 6 nitrogen and oxygen atoms in total. The van der Waals surface area contributed by atoms with E-state index in [1.807, 2.05) is 11.6 Å². The summed E-state index contributed by atoms with van der Waals surface area (Å²) in [6, 6.07) is 1.58. The molecule has 17 heavy (non-hydrogen) atoms. The Bertz CT molecular complexity index is 546. The molecule has 0 saturated heterocycles. The second kappa shape index (κ2) is 4.70. The van der Waals surface area contributed by atoms with Gasteiger partial charge in [-0.3, -0.25) is 0 Å². The number of carbonyl (C=O) groups is 1. The fourth-order valence-corrected chi connectivity index (χ4v) is 2.06. The highest BCUT2D eigenvalue weighted by atomic mass is 79.9. The lowest BCUT2D eigenvalue weighted by atomic mass is 10.3. The smallest absolute Gasteiger partial charge is 0.352 e. The van der Waals surface area contributed by atoms with Gasteiger partial charge in [0.1, 0.15) is 17.8 Å². The molecule has 0 spiro atoms. The third-order valence-electron chi connectivity index (χ3n) is 2.46. The number of hydrogen-bond acceptors (Lipinski definition) is 3. The van der Waals surface area contributed by atoms with Gasteiger partial charge in [0.15, 0.2) is 0 Å². The van der Waals surface area contributed by atoms with Crippen molar-refractivity contribution in [1.29, 1.82) is 0 Å². The van der Waals surface area contributed by atoms with Gasteiger partial charge in [-0.1, -0.05) is 0 Å². The van der Waals surface area contributed by atoms with Crippen LogP contribution in [0, 0.1) is 0 Å². The molecule has 0 bridgehead atoms. The second-order valence-electron chi connectivity index (χ2n) is 3.65. The molecule has 0 unspecified atom stereocenters. The largest absolute Gasteiger partial charge is 0.477 e. The Morgan fingerprint density at radius 3 is 2.94 bits per heavy atom. The van der Waals surface area contributed by atoms with Gasteiger partial charge in [-0.25, -0.2) is 4.79 Å². The van der Waals surface area contributed by atoms with Crippen LogP contribution in [-0.2, 0) is 20.0 Å². The van der Waals surface area contributed by atoms with Crippen molar-refractivity contribution in [2.45, 2.75) is 13.0 Å². The third-order valence-corrected chi connectivity index (χ3v) is 2.90. The molecule has 0 fully saturated rings. The van der Waals surface area contributed by atoms with Gasteiger partial charge in [-0.2, -0.15) is 0 Å². The minimum atomic E-state index is -0.936. The molecule has 0 saturated carbocycles. The van der Waals surface area contributed by atoms with Crippen molar-refractivity contribution in [1.82, 2.24) is 19.3 Å². The molecular weight excluding hydrogens is 288 g/mol. The lowest BCUT2D eigenvalue weighted by Gasteiger charge is -2.05. The van der Waals surface area contributed by atoms with Gasteiger partial charge in [0, 0.05) is 30.7 Å². The molecule has 2 heterocycles. The van der Waals surface area contributed by atoms with Crippen molar-refractivity contribution in [3.8, 4) is 0 Å². The standard InChI is InChI=1S/C10H11BrN4O2/c1-14-6-12-13-9(14)2-3-15-5-7(11)4-8(15)10(16)17/h4-6H,2-3H2,1H3,(H,16,17). The fraction of sp³-hybridized carbons (Fsp3) is 0.300. The fourth-order valence-electron chi connectivity index (χ4n) is 1.59. The highest BCUT2D eigenvalue weighted by Crippen LogP contribution is 2.15. The average molecular weight is 299 g/mol. The molecule has 0 aromatic carbocycles. The number of aryl methyl sites for hydroxylation is 3. The average Bonchev–Trinajstić information content (AvgIpc) is 2.82. The quantitative estimate of drug-likeness (QED) is 0.924. The molecule has 0 radical (unpaired) electrons. The molecule has 7 heteroatoms. The van der Waals surface area contributed by atoms with Crippen LogP contribution >= 0.6 is 15.9 Å². The van der Waals surface area contributed by atoms with Crippen molar-refractivity contribution in [2.75, 3.05) is 0 Å². The normalized spacial score (nSPS) is 10.7. The zero-order chi connectivity index (χ0) is 12.4. The number of carboxylic acids is 1. The summed E-state index contributed by atoms with van der Waals surface area (Å²) in [4.78, 5) is 11.0. The van der Waals surface area contributed by atoms with Crippen molar-refractivity contribution in [3.63, 3.8) is 0 Å². The number of rotatable bonds is 4. The summed E-state index contributed by atoms with van der Waals surface area (Å²) in [7, 11) is 1.86. The maximum atomic E-state index is 11.0. The molecule has 1 N–H and O–H groups in total. The first-order chi connectivity index (χ1) is 8.08. The number of carboxylic acid groups (broad SMARTS) is 1. The van der Waals surface area contributed by atoms with Gasteiger partial charge in [-0.15, -0.1) is 10.2 Å². The number of nitrogens with zero attached hydrogens (tertiary/aromatic N) is 4. The summed E-state index contributed by atoms with van der Waals surface area (Å²) in [5.41, 5.74) is 0.263. The van der Waals surface area contributed by atoms with Crippen molar-refractivity contribution in [2.24, 2.45) is 7.05 Å². The zero-order valence-electron chi connectivity index (χ0n) is 9.17. The first-order valence-corrected chi connectivity index (χ1v) is 5.79. The van der Waals surface area contributed by atoms with E-state index in [0.29, 0.717) is 13.0 Å². The van der Waals surface area contributed by atoms with E-state index in [1.165, 1.54) is 0 Å². The van der Waals surface area contributed by atoms with Crippen molar-refractivity contribution >= 4 is 21.9 Å². The molecule has 0 aliphatic heterocycles. The monoisotopic (exact) mass is 298 g/mol. The maximum absolute atomic E-state index is 11.0. The Kier molecular flexibility index (Phi) is 3.28. The molecular formula is C10H11BrN4O2. The lowest BCUT2D eigenvalue weighted by molar-refractivity contribution is 0.0685. The predicted molar refractivity (Wildman–Crippen MR) is 63.8 cm³/mol. The Morgan fingerprint density at radius 1 is 1.59 bits per heavy atom. The van der Waals surface area contributed by atoms with Crippen LogP contribution in [-0.4, -0.2) is 30.4 Å². The summed E-state index contributed by atoms with van der Waals surface area (Å²) in [6.07, 6.45) is 4.01. The van der Waals surface area contributed by atoms with Crippen LogP contribution in [0.4, 0.5) is 0 Å². The van der Waals surface area contributed by atoms with Crippen LogP contribution in [0.25, 0.3) is 0 Å². The third kappa shape index (κ3) is 2.55. The van der Waals surface area contributed by atoms with Gasteiger partial charge < -0.3 is 14.2 Å². The number of hydrogen-bond donors (Lipinski definition) is 1. The summed E-state index contributed by atoms with van der Waals surface area (Å²) in [6.45, 7) is 0.555. The summed E-state index contributed by atoms with van der Waals surface area (Å²) in [5, 5.41) is 16.7. The van der Waals surface area contributed by atoms with E-state index in [9.17, 15) is 4.79 Å². The Labute approximate surface area is 106 Å². The van der Waals surface area contributed by atoms with E-state index in [1.54, 1.807) is 23.2 Å². The topological polar surface area (TPSA) is 72.9 Å². The molecule has 0 aliphatic rings. The SMILES string of the molecule is Cn1cnnc1CCn1cc(Br)cc1C(=O)O. The van der Waals surface area contributed by atoms with Crippen molar-refractivity contribution in [3.05, 3.63) is 34.6 Å². The van der Waals surface area contributed by atoms with E-state index in [4.69, 9.17) is 5.11 Å². The summed E-state index contributed by atoms with van der Waals surface area (Å²) >= 11 is 3.27. The second-order valence-corrected chi connectivity index (χ2v) is 4.57. The molecule has 2 aromatic heterocycles. The van der Waals surface area contributed by atoms with Crippen LogP contribution < -0.4 is 0 Å². The zero-order valence-corrected chi connectivity index (χ0v) is 10.8. The molecule has 2 rings (SSSR count). The van der Waals surface area contributed by atoms with Crippen LogP contribution in [0.15, 0.2) is 23.1 Å². The molecule has 0 atom stereocenters. The molecule has 0 amide bonds. The predicted octanol–water partition coefficient (Wildman–Crippen LogP) is 1.32. The van der Waals surface area contributed by atoms with Crippen LogP contribution in [0.1, 0.15) is 16.3 Å². The van der Waals surface area contributed by atoms with Gasteiger partial charge in [0.2, 0.25) is 0 Å². The Hall–Kier alpha value is -1.63. The van der Waals surface area contributed by atoms with E-state index in [0.717, 1.165) is 10.3 Å². The number of aromatic nitrogens is 4. The minimum absolute atomic E-state index is 0.263. The first-order valence-electron chi connectivity index (χ1n) is 5.00. The Morgan fingerprint density at radius 2 is 2.35 bits per heavy atom. The van der Waals surface area contributed by atoms with Crippen molar-refractivity contribution < 1.29 is 9.90 Å². The number of aromatic carboxylic acids is 1. The Balaban J connectivity index is 2.14. The van der Waals surface area contributed by atoms with Gasteiger partial charge in [0.05, 0.1) is 0 Å². The van der Waals surface area contributed by atoms with Crippen LogP contribution in [0.3, 0.4) is 0 Å². The van der Waals surface area contributed by atoms with E-state index in [2.05, 4.69) is 26.1 Å². The highest BCUT2D eigenvalue weighted by molar-refractivity contribution is 9.10. The van der Waals surface area contributed by atoms with E-state index in [-0.39, 0.29) is 5.69 Å². The molecule has 90 valence electrons. The van der Waals surface area contributed by atoms with Gasteiger partial charge in [-0.05, 0) is 22.0 Å². The first kappa shape index (κ1) is 11.8. The number of halogens is 1. The van der Waals surface area contributed by atoms with Crippen LogP contribution in [0.5, 0.6) is 0 Å². The summed E-state index contributed by atoms with van der Waals surface area (Å²) < 4.78 is 4.26. The maximum Gasteiger partial charge on any atom is 0.352 e. The van der Waals surface area contributed by atoms with Gasteiger partial charge in [0.25, 0.3) is 0 Å². The van der Waals surface area contributed by atoms with E-state index < -0.39 is 5.97 Å².